The zero-order valence-corrected chi connectivity index (χ0v) is 29.4. The summed E-state index contributed by atoms with van der Waals surface area (Å²) < 4.78 is 23.1. The highest BCUT2D eigenvalue weighted by Gasteiger charge is 2.07. The minimum atomic E-state index is 0.434. The van der Waals surface area contributed by atoms with Gasteiger partial charge < -0.3 is 18.9 Å². The van der Waals surface area contributed by atoms with Crippen molar-refractivity contribution in [3.05, 3.63) is 42.5 Å². The molecule has 2 aromatic rings. The van der Waals surface area contributed by atoms with Gasteiger partial charge in [0.15, 0.2) is 5.75 Å². The van der Waals surface area contributed by atoms with Gasteiger partial charge in [0.1, 0.15) is 23.8 Å². The molecular weight excluding hydrogens is 580 g/mol. The summed E-state index contributed by atoms with van der Waals surface area (Å²) in [6, 6.07) is 13.5. The van der Waals surface area contributed by atoms with Crippen LogP contribution >= 0.6 is 12.6 Å². The van der Waals surface area contributed by atoms with Crippen molar-refractivity contribution in [1.29, 1.82) is 0 Å². The third-order valence-electron chi connectivity index (χ3n) is 7.92. The monoisotopic (exact) mass is 642 g/mol. The average molecular weight is 643 g/mol. The summed E-state index contributed by atoms with van der Waals surface area (Å²) in [5, 5.41) is 8.92. The molecule has 0 fully saturated rings. The maximum Gasteiger partial charge on any atom is 0.150 e. The summed E-state index contributed by atoms with van der Waals surface area (Å²) in [7, 11) is 1.67. The second kappa shape index (κ2) is 28.0. The summed E-state index contributed by atoms with van der Waals surface area (Å²) in [4.78, 5) is 0. The number of azo groups is 1. The van der Waals surface area contributed by atoms with Gasteiger partial charge in [-0.3, -0.25) is 0 Å². The van der Waals surface area contributed by atoms with E-state index in [1.165, 1.54) is 109 Å². The summed E-state index contributed by atoms with van der Waals surface area (Å²) in [5.74, 6) is 3.32. The molecule has 0 N–H and O–H groups in total. The molecule has 6 nitrogen and oxygen atoms in total. The van der Waals surface area contributed by atoms with E-state index in [0.29, 0.717) is 31.3 Å². The van der Waals surface area contributed by atoms with E-state index in [0.717, 1.165) is 42.4 Å². The minimum absolute atomic E-state index is 0.434. The van der Waals surface area contributed by atoms with E-state index in [2.05, 4.69) is 29.8 Å². The fraction of sp³-hybridized carbons (Fsp3) is 0.684. The lowest BCUT2D eigenvalue weighted by molar-refractivity contribution is 0.146. The third-order valence-corrected chi connectivity index (χ3v) is 8.24. The van der Waals surface area contributed by atoms with Crippen LogP contribution in [0.4, 0.5) is 11.4 Å². The molecule has 2 rings (SSSR count). The maximum absolute atomic E-state index is 6.04. The molecule has 0 aliphatic heterocycles. The van der Waals surface area contributed by atoms with Crippen molar-refractivity contribution >= 4 is 24.0 Å². The van der Waals surface area contributed by atoms with Gasteiger partial charge in [-0.05, 0) is 61.4 Å². The van der Waals surface area contributed by atoms with Crippen molar-refractivity contribution in [2.24, 2.45) is 10.2 Å². The first-order valence-electron chi connectivity index (χ1n) is 17.9. The molecule has 254 valence electrons. The molecular formula is C38H62N2O4S. The maximum atomic E-state index is 6.04. The molecule has 0 amide bonds. The lowest BCUT2D eigenvalue weighted by Crippen LogP contribution is -2.05. The Hall–Kier alpha value is -2.25. The molecule has 2 aromatic carbocycles. The van der Waals surface area contributed by atoms with E-state index >= 15 is 0 Å². The summed E-state index contributed by atoms with van der Waals surface area (Å²) in [6.07, 6.45) is 24.7. The van der Waals surface area contributed by atoms with Crippen LogP contribution in [0.5, 0.6) is 17.2 Å². The first-order valence-corrected chi connectivity index (χ1v) is 18.5. The van der Waals surface area contributed by atoms with Crippen LogP contribution in [-0.4, -0.2) is 39.3 Å². The van der Waals surface area contributed by atoms with E-state index in [4.69, 9.17) is 18.9 Å². The molecule has 0 atom stereocenters. The van der Waals surface area contributed by atoms with E-state index in [1.807, 2.05) is 42.5 Å². The number of ether oxygens (including phenoxy) is 4. The number of methoxy groups -OCH3 is 1. The van der Waals surface area contributed by atoms with Gasteiger partial charge in [0.25, 0.3) is 0 Å². The Balaban J connectivity index is 1.70. The summed E-state index contributed by atoms with van der Waals surface area (Å²) >= 11 is 4.28. The highest BCUT2D eigenvalue weighted by molar-refractivity contribution is 7.80. The largest absolute Gasteiger partial charge is 0.494 e. The van der Waals surface area contributed by atoms with Gasteiger partial charge in [0.05, 0.1) is 25.5 Å². The molecule has 0 aliphatic rings. The highest BCUT2D eigenvalue weighted by atomic mass is 32.1. The molecule has 0 saturated carbocycles. The second-order valence-corrected chi connectivity index (χ2v) is 12.4. The smallest absolute Gasteiger partial charge is 0.150 e. The fourth-order valence-electron chi connectivity index (χ4n) is 5.16. The number of rotatable bonds is 30. The lowest BCUT2D eigenvalue weighted by atomic mass is 10.1. The van der Waals surface area contributed by atoms with Gasteiger partial charge in [-0.15, -0.1) is 5.11 Å². The van der Waals surface area contributed by atoms with Crippen LogP contribution in [0, 0.1) is 0 Å². The van der Waals surface area contributed by atoms with Crippen LogP contribution in [0.3, 0.4) is 0 Å². The highest BCUT2D eigenvalue weighted by Crippen LogP contribution is 2.33. The summed E-state index contributed by atoms with van der Waals surface area (Å²) in [6.45, 7) is 4.66. The Morgan fingerprint density at radius 1 is 0.511 bits per heavy atom. The Kier molecular flexibility index (Phi) is 24.2. The molecule has 0 unspecified atom stereocenters. The number of nitrogens with zero attached hydrogens (tertiary/aromatic N) is 2. The van der Waals surface area contributed by atoms with Gasteiger partial charge in [-0.2, -0.15) is 17.7 Å². The number of hydrogen-bond acceptors (Lipinski definition) is 7. The Morgan fingerprint density at radius 3 is 1.58 bits per heavy atom. The normalized spacial score (nSPS) is 11.4. The van der Waals surface area contributed by atoms with E-state index in [9.17, 15) is 0 Å². The number of thiol groups is 1. The van der Waals surface area contributed by atoms with Crippen molar-refractivity contribution in [2.45, 2.75) is 129 Å². The predicted molar refractivity (Wildman–Crippen MR) is 193 cm³/mol. The molecule has 0 aliphatic carbocycles. The molecule has 0 heterocycles. The van der Waals surface area contributed by atoms with Crippen LogP contribution in [0.15, 0.2) is 52.7 Å². The van der Waals surface area contributed by atoms with E-state index in [1.54, 1.807) is 7.11 Å². The quantitative estimate of drug-likeness (QED) is 0.0523. The van der Waals surface area contributed by atoms with Gasteiger partial charge in [0.2, 0.25) is 0 Å². The average Bonchev–Trinajstić information content (AvgIpc) is 3.06. The Labute approximate surface area is 280 Å². The zero-order valence-electron chi connectivity index (χ0n) is 28.5. The molecule has 0 bridgehead atoms. The predicted octanol–water partition coefficient (Wildman–Crippen LogP) is 12.2. The van der Waals surface area contributed by atoms with Gasteiger partial charge in [-0.1, -0.05) is 110 Å². The molecule has 45 heavy (non-hydrogen) atoms. The van der Waals surface area contributed by atoms with Crippen molar-refractivity contribution in [2.75, 3.05) is 39.3 Å². The second-order valence-electron chi connectivity index (χ2n) is 11.9. The zero-order chi connectivity index (χ0) is 32.0. The first kappa shape index (κ1) is 38.9. The Morgan fingerprint density at radius 2 is 1.02 bits per heavy atom. The van der Waals surface area contributed by atoms with Gasteiger partial charge in [-0.25, -0.2) is 0 Å². The third kappa shape index (κ3) is 20.5. The molecule has 0 radical (unpaired) electrons. The van der Waals surface area contributed by atoms with Crippen LogP contribution < -0.4 is 14.2 Å². The number of benzene rings is 2. The van der Waals surface area contributed by atoms with Crippen LogP contribution in [0.1, 0.15) is 129 Å². The van der Waals surface area contributed by atoms with Crippen LogP contribution in [-0.2, 0) is 4.74 Å². The van der Waals surface area contributed by atoms with Crippen molar-refractivity contribution in [3.63, 3.8) is 0 Å². The molecule has 7 heteroatoms. The van der Waals surface area contributed by atoms with Crippen LogP contribution in [0.25, 0.3) is 0 Å². The SMILES string of the molecule is CCCCCCCCCCCCOc1ccc(N=Nc2ccc(OCCCCCCCCCCCS)cc2)c(OCCOC)c1. The number of unbranched alkanes of at least 4 members (excludes halogenated alkanes) is 17. The standard InChI is InChI=1S/C38H62N2O4S/c1-3-4-5-6-7-8-10-14-17-20-29-43-36-26-27-37(38(33-36)44-31-30-41-2)40-39-34-22-24-35(25-23-34)42-28-19-16-13-11-9-12-15-18-21-32-45/h22-27,33,45H,3-21,28-32H2,1-2H3. The van der Waals surface area contributed by atoms with Crippen molar-refractivity contribution < 1.29 is 18.9 Å². The van der Waals surface area contributed by atoms with Gasteiger partial charge in [0, 0.05) is 13.2 Å². The fourth-order valence-corrected chi connectivity index (χ4v) is 5.38. The molecule has 0 spiro atoms. The molecule has 0 aromatic heterocycles. The topological polar surface area (TPSA) is 61.6 Å². The van der Waals surface area contributed by atoms with Crippen molar-refractivity contribution in [1.82, 2.24) is 0 Å². The van der Waals surface area contributed by atoms with E-state index < -0.39 is 0 Å². The number of hydrogen-bond donors (Lipinski definition) is 1. The molecule has 0 saturated heterocycles. The lowest BCUT2D eigenvalue weighted by Gasteiger charge is -2.11. The Bertz CT molecular complexity index is 986. The van der Waals surface area contributed by atoms with Crippen molar-refractivity contribution in [3.8, 4) is 17.2 Å². The van der Waals surface area contributed by atoms with E-state index in [-0.39, 0.29) is 0 Å². The summed E-state index contributed by atoms with van der Waals surface area (Å²) in [5.41, 5.74) is 1.43. The van der Waals surface area contributed by atoms with Crippen LogP contribution in [0.2, 0.25) is 0 Å². The minimum Gasteiger partial charge on any atom is -0.494 e. The first-order chi connectivity index (χ1) is 22.3. The van der Waals surface area contributed by atoms with Gasteiger partial charge >= 0.3 is 0 Å².